The maximum absolute atomic E-state index is 11.7. The molecular weight excluding hydrogens is 226 g/mol. The summed E-state index contributed by atoms with van der Waals surface area (Å²) in [6, 6.07) is 7.71. The van der Waals surface area contributed by atoms with E-state index in [1.54, 1.807) is 12.1 Å². The number of anilines is 1. The van der Waals surface area contributed by atoms with Crippen LogP contribution in [0.4, 0.5) is 5.69 Å². The zero-order valence-electron chi connectivity index (χ0n) is 11.1. The number of nitriles is 1. The van der Waals surface area contributed by atoms with Crippen molar-refractivity contribution in [2.45, 2.75) is 33.2 Å². The number of rotatable bonds is 5. The third-order valence-electron chi connectivity index (χ3n) is 2.55. The number of aryl methyl sites for hydroxylation is 1. The van der Waals surface area contributed by atoms with Crippen LogP contribution in [-0.4, -0.2) is 18.5 Å². The van der Waals surface area contributed by atoms with Crippen LogP contribution in [0.3, 0.4) is 0 Å². The lowest BCUT2D eigenvalue weighted by Crippen LogP contribution is -2.27. The molecule has 0 aliphatic heterocycles. The van der Waals surface area contributed by atoms with Crippen molar-refractivity contribution in [3.05, 3.63) is 29.3 Å². The second kappa shape index (κ2) is 6.77. The Balaban J connectivity index is 2.56. The molecule has 1 rings (SSSR count). The summed E-state index contributed by atoms with van der Waals surface area (Å²) in [6.45, 7) is 6.64. The Bertz CT molecular complexity index is 461. The van der Waals surface area contributed by atoms with Gasteiger partial charge >= 0.3 is 0 Å². The van der Waals surface area contributed by atoms with Crippen LogP contribution in [0.5, 0.6) is 0 Å². The summed E-state index contributed by atoms with van der Waals surface area (Å²) in [6.07, 6.45) is 0.425. The highest BCUT2D eigenvalue weighted by Crippen LogP contribution is 2.16. The lowest BCUT2D eigenvalue weighted by Gasteiger charge is -2.10. The van der Waals surface area contributed by atoms with E-state index in [9.17, 15) is 4.79 Å². The largest absolute Gasteiger partial charge is 0.326 e. The second-order valence-electron chi connectivity index (χ2n) is 4.55. The molecule has 0 spiro atoms. The highest BCUT2D eigenvalue weighted by molar-refractivity contribution is 5.91. The quantitative estimate of drug-likeness (QED) is 0.835. The van der Waals surface area contributed by atoms with Crippen LogP contribution in [-0.2, 0) is 4.79 Å². The molecule has 96 valence electrons. The smallest absolute Gasteiger partial charge is 0.225 e. The van der Waals surface area contributed by atoms with Crippen molar-refractivity contribution in [3.8, 4) is 6.07 Å². The molecule has 0 saturated heterocycles. The molecule has 1 aromatic rings. The number of benzene rings is 1. The van der Waals surface area contributed by atoms with Crippen molar-refractivity contribution in [2.75, 3.05) is 11.9 Å². The summed E-state index contributed by atoms with van der Waals surface area (Å²) >= 11 is 0. The van der Waals surface area contributed by atoms with Gasteiger partial charge < -0.3 is 10.6 Å². The predicted octanol–water partition coefficient (Wildman–Crippen LogP) is 2.19. The van der Waals surface area contributed by atoms with Crippen molar-refractivity contribution in [2.24, 2.45) is 0 Å². The average Bonchev–Trinajstić information content (AvgIpc) is 2.31. The molecule has 1 aromatic carbocycles. The number of nitrogens with zero attached hydrogens (tertiary/aromatic N) is 1. The lowest BCUT2D eigenvalue weighted by molar-refractivity contribution is -0.116. The molecule has 18 heavy (non-hydrogen) atoms. The monoisotopic (exact) mass is 245 g/mol. The van der Waals surface area contributed by atoms with Gasteiger partial charge in [0.2, 0.25) is 5.91 Å². The molecule has 2 N–H and O–H groups in total. The fourth-order valence-corrected chi connectivity index (χ4v) is 1.51. The fourth-order valence-electron chi connectivity index (χ4n) is 1.51. The van der Waals surface area contributed by atoms with Crippen LogP contribution >= 0.6 is 0 Å². The first-order valence-electron chi connectivity index (χ1n) is 6.07. The molecule has 0 radical (unpaired) electrons. The molecule has 0 unspecified atom stereocenters. The average molecular weight is 245 g/mol. The number of carbonyl (C=O) groups is 1. The van der Waals surface area contributed by atoms with Gasteiger partial charge in [0.25, 0.3) is 0 Å². The van der Waals surface area contributed by atoms with E-state index >= 15 is 0 Å². The zero-order valence-corrected chi connectivity index (χ0v) is 11.1. The molecule has 4 heteroatoms. The van der Waals surface area contributed by atoms with E-state index in [1.165, 1.54) is 0 Å². The molecule has 0 atom stereocenters. The molecule has 0 heterocycles. The Morgan fingerprint density at radius 3 is 2.78 bits per heavy atom. The highest BCUT2D eigenvalue weighted by atomic mass is 16.1. The Hall–Kier alpha value is -1.86. The topological polar surface area (TPSA) is 64.9 Å². The van der Waals surface area contributed by atoms with Gasteiger partial charge in [-0.1, -0.05) is 19.9 Å². The molecule has 0 aromatic heterocycles. The summed E-state index contributed by atoms with van der Waals surface area (Å²) in [5.74, 6) is -0.0404. The maximum Gasteiger partial charge on any atom is 0.225 e. The Morgan fingerprint density at radius 1 is 1.44 bits per heavy atom. The number of nitrogens with one attached hydrogen (secondary N) is 2. The third kappa shape index (κ3) is 4.56. The molecule has 4 nitrogen and oxygen atoms in total. The Kier molecular flexibility index (Phi) is 5.34. The zero-order chi connectivity index (χ0) is 13.5. The number of hydrogen-bond acceptors (Lipinski definition) is 3. The van der Waals surface area contributed by atoms with E-state index in [0.29, 0.717) is 30.3 Å². The van der Waals surface area contributed by atoms with Gasteiger partial charge in [0, 0.05) is 24.7 Å². The third-order valence-corrected chi connectivity index (χ3v) is 2.55. The van der Waals surface area contributed by atoms with Crippen LogP contribution in [0, 0.1) is 18.3 Å². The van der Waals surface area contributed by atoms with Crippen LogP contribution in [0.2, 0.25) is 0 Å². The molecule has 1 amide bonds. The highest BCUT2D eigenvalue weighted by Gasteiger charge is 2.06. The van der Waals surface area contributed by atoms with Gasteiger partial charge in [0.05, 0.1) is 11.6 Å². The van der Waals surface area contributed by atoms with Crippen LogP contribution < -0.4 is 10.6 Å². The van der Waals surface area contributed by atoms with E-state index in [4.69, 9.17) is 5.26 Å². The van der Waals surface area contributed by atoms with Gasteiger partial charge in [0.1, 0.15) is 0 Å². The van der Waals surface area contributed by atoms with E-state index in [1.807, 2.05) is 26.8 Å². The first-order chi connectivity index (χ1) is 8.52. The van der Waals surface area contributed by atoms with Crippen molar-refractivity contribution < 1.29 is 4.79 Å². The van der Waals surface area contributed by atoms with Crippen molar-refractivity contribution >= 4 is 11.6 Å². The molecule has 0 bridgehead atoms. The minimum atomic E-state index is -0.0404. The standard InChI is InChI=1S/C14H19N3O/c1-10(2)16-7-6-14(18)17-13-8-12(9-15)5-4-11(13)3/h4-5,8,10,16H,6-7H2,1-3H3,(H,17,18). The number of amides is 1. The van der Waals surface area contributed by atoms with Gasteiger partial charge in [-0.3, -0.25) is 4.79 Å². The number of carbonyl (C=O) groups excluding carboxylic acids is 1. The van der Waals surface area contributed by atoms with Gasteiger partial charge in [-0.25, -0.2) is 0 Å². The first kappa shape index (κ1) is 14.2. The molecule has 0 aliphatic rings. The van der Waals surface area contributed by atoms with Crippen molar-refractivity contribution in [1.29, 1.82) is 5.26 Å². The molecular formula is C14H19N3O. The Morgan fingerprint density at radius 2 is 2.17 bits per heavy atom. The van der Waals surface area contributed by atoms with Crippen molar-refractivity contribution in [1.82, 2.24) is 5.32 Å². The van der Waals surface area contributed by atoms with E-state index in [0.717, 1.165) is 5.56 Å². The summed E-state index contributed by atoms with van der Waals surface area (Å²) in [7, 11) is 0. The van der Waals surface area contributed by atoms with Gasteiger partial charge in [-0.15, -0.1) is 0 Å². The van der Waals surface area contributed by atoms with Crippen LogP contribution in [0.25, 0.3) is 0 Å². The number of hydrogen-bond donors (Lipinski definition) is 2. The van der Waals surface area contributed by atoms with Crippen LogP contribution in [0.15, 0.2) is 18.2 Å². The first-order valence-corrected chi connectivity index (χ1v) is 6.07. The normalized spacial score (nSPS) is 10.2. The van der Waals surface area contributed by atoms with Gasteiger partial charge in [0.15, 0.2) is 0 Å². The van der Waals surface area contributed by atoms with Crippen LogP contribution in [0.1, 0.15) is 31.4 Å². The van der Waals surface area contributed by atoms with E-state index in [2.05, 4.69) is 16.7 Å². The minimum absolute atomic E-state index is 0.0404. The summed E-state index contributed by atoms with van der Waals surface area (Å²) in [5, 5.41) is 14.8. The summed E-state index contributed by atoms with van der Waals surface area (Å²) < 4.78 is 0. The molecule has 0 aliphatic carbocycles. The van der Waals surface area contributed by atoms with Crippen molar-refractivity contribution in [3.63, 3.8) is 0 Å². The fraction of sp³-hybridized carbons (Fsp3) is 0.429. The molecule has 0 fully saturated rings. The predicted molar refractivity (Wildman–Crippen MR) is 72.3 cm³/mol. The van der Waals surface area contributed by atoms with E-state index in [-0.39, 0.29) is 5.91 Å². The van der Waals surface area contributed by atoms with Gasteiger partial charge in [-0.2, -0.15) is 5.26 Å². The second-order valence-corrected chi connectivity index (χ2v) is 4.55. The lowest BCUT2D eigenvalue weighted by atomic mass is 10.1. The van der Waals surface area contributed by atoms with Gasteiger partial charge in [-0.05, 0) is 24.6 Å². The Labute approximate surface area is 108 Å². The maximum atomic E-state index is 11.7. The van der Waals surface area contributed by atoms with E-state index < -0.39 is 0 Å². The molecule has 0 saturated carbocycles. The SMILES string of the molecule is Cc1ccc(C#N)cc1NC(=O)CCNC(C)C. The summed E-state index contributed by atoms with van der Waals surface area (Å²) in [4.78, 5) is 11.7. The summed E-state index contributed by atoms with van der Waals surface area (Å²) in [5.41, 5.74) is 2.22. The minimum Gasteiger partial charge on any atom is -0.326 e.